The van der Waals surface area contributed by atoms with Gasteiger partial charge in [-0.3, -0.25) is 19.4 Å². The molecule has 0 aliphatic carbocycles. The van der Waals surface area contributed by atoms with Crippen molar-refractivity contribution in [1.82, 2.24) is 29.4 Å². The smallest absolute Gasteiger partial charge is 0.410 e. The number of halogens is 1. The van der Waals surface area contributed by atoms with Crippen LogP contribution < -0.4 is 17.3 Å². The number of aldehydes is 1. The summed E-state index contributed by atoms with van der Waals surface area (Å²) < 4.78 is 12.5. The Kier molecular flexibility index (Phi) is 22.1. The van der Waals surface area contributed by atoms with E-state index in [9.17, 15) is 24.0 Å². The molecule has 0 aromatic carbocycles. The van der Waals surface area contributed by atoms with Crippen molar-refractivity contribution in [2.75, 3.05) is 13.1 Å². The number of amides is 2. The van der Waals surface area contributed by atoms with Gasteiger partial charge in [-0.25, -0.2) is 19.1 Å². The van der Waals surface area contributed by atoms with E-state index >= 15 is 0 Å². The summed E-state index contributed by atoms with van der Waals surface area (Å²) in [6.07, 6.45) is 5.81. The second kappa shape index (κ2) is 23.2. The Balaban J connectivity index is 0. The summed E-state index contributed by atoms with van der Waals surface area (Å²) in [6, 6.07) is 1.52. The van der Waals surface area contributed by atoms with Gasteiger partial charge in [-0.2, -0.15) is 4.98 Å². The van der Waals surface area contributed by atoms with Crippen molar-refractivity contribution < 1.29 is 33.4 Å². The van der Waals surface area contributed by atoms with Crippen LogP contribution in [0.25, 0.3) is 5.78 Å². The van der Waals surface area contributed by atoms with Crippen LogP contribution >= 0.6 is 12.4 Å². The van der Waals surface area contributed by atoms with E-state index < -0.39 is 11.2 Å². The van der Waals surface area contributed by atoms with Crippen molar-refractivity contribution in [2.24, 2.45) is 22.4 Å². The van der Waals surface area contributed by atoms with E-state index in [1.165, 1.54) is 18.7 Å². The number of nitrogens with zero attached hydrogens (tertiary/aromatic N) is 7. The Bertz CT molecular complexity index is 1500. The normalized spacial score (nSPS) is 16.6. The molecule has 2 aromatic heterocycles. The van der Waals surface area contributed by atoms with Crippen molar-refractivity contribution in [2.45, 2.75) is 145 Å². The van der Waals surface area contributed by atoms with E-state index in [-0.39, 0.29) is 68.1 Å². The van der Waals surface area contributed by atoms with Crippen molar-refractivity contribution in [3.8, 4) is 0 Å². The van der Waals surface area contributed by atoms with E-state index in [0.717, 1.165) is 56.2 Å². The van der Waals surface area contributed by atoms with Gasteiger partial charge in [0, 0.05) is 24.5 Å². The van der Waals surface area contributed by atoms with Gasteiger partial charge in [0.2, 0.25) is 5.96 Å². The Morgan fingerprint density at radius 3 is 1.77 bits per heavy atom. The number of likely N-dealkylation sites (tertiary alicyclic amines) is 2. The number of carbonyl (C=O) groups excluding carboxylic acids is 5. The third-order valence-corrected chi connectivity index (χ3v) is 7.04. The molecule has 2 amide bonds. The SMILES string of the molecule is C.CC(=O)CC(C)=O.CC(C)(C)OC(=O)N1CCCCC1C=O.Cc1cc(C)n2nc(C3CCCCN3C(=O)OC(C)(C)C)nc2n1.Cl.NN=C(N)N. The first-order valence-electron chi connectivity index (χ1n) is 17.0. The molecule has 18 heteroatoms. The maximum Gasteiger partial charge on any atom is 0.410 e. The van der Waals surface area contributed by atoms with Gasteiger partial charge >= 0.3 is 12.2 Å². The molecule has 0 radical (unpaired) electrons. The lowest BCUT2D eigenvalue weighted by molar-refractivity contribution is -0.124. The molecule has 302 valence electrons. The van der Waals surface area contributed by atoms with Gasteiger partial charge in [-0.15, -0.1) is 22.6 Å². The topological polar surface area (TPSA) is 244 Å². The summed E-state index contributed by atoms with van der Waals surface area (Å²) in [6.45, 7) is 19.1. The maximum atomic E-state index is 12.6. The summed E-state index contributed by atoms with van der Waals surface area (Å²) >= 11 is 0. The van der Waals surface area contributed by atoms with E-state index in [1.54, 1.807) is 9.42 Å². The molecule has 4 heterocycles. The van der Waals surface area contributed by atoms with Gasteiger partial charge in [0.15, 0.2) is 5.82 Å². The number of hydrazone groups is 1. The van der Waals surface area contributed by atoms with E-state index in [0.29, 0.717) is 24.7 Å². The molecule has 53 heavy (non-hydrogen) atoms. The lowest BCUT2D eigenvalue weighted by Crippen LogP contribution is -2.46. The molecule has 2 saturated heterocycles. The number of guanidine groups is 1. The Morgan fingerprint density at radius 2 is 1.34 bits per heavy atom. The first kappa shape index (κ1) is 50.6. The van der Waals surface area contributed by atoms with Crippen LogP contribution in [0.5, 0.6) is 0 Å². The number of nitrogens with two attached hydrogens (primary N) is 3. The van der Waals surface area contributed by atoms with Crippen LogP contribution in [0.3, 0.4) is 0 Å². The van der Waals surface area contributed by atoms with E-state index in [4.69, 9.17) is 20.9 Å². The second-order valence-electron chi connectivity index (χ2n) is 14.4. The number of fused-ring (bicyclic) bond motifs is 1. The largest absolute Gasteiger partial charge is 0.444 e. The third kappa shape index (κ3) is 19.2. The van der Waals surface area contributed by atoms with Crippen molar-refractivity contribution in [3.05, 3.63) is 23.3 Å². The number of rotatable bonds is 4. The van der Waals surface area contributed by atoms with Gasteiger partial charge in [-0.1, -0.05) is 7.43 Å². The molecule has 0 saturated carbocycles. The molecule has 6 N–H and O–H groups in total. The number of hydrogen-bond donors (Lipinski definition) is 3. The van der Waals surface area contributed by atoms with Crippen molar-refractivity contribution in [3.63, 3.8) is 0 Å². The van der Waals surface area contributed by atoms with Crippen LogP contribution in [-0.2, 0) is 23.9 Å². The fraction of sp³-hybridized carbons (Fsp3) is 0.686. The molecular weight excluding hydrogens is 708 g/mol. The fourth-order valence-corrected chi connectivity index (χ4v) is 5.06. The van der Waals surface area contributed by atoms with E-state index in [2.05, 4.69) is 26.0 Å². The Morgan fingerprint density at radius 1 is 0.868 bits per heavy atom. The monoisotopic (exact) mass is 770 g/mol. The fourth-order valence-electron chi connectivity index (χ4n) is 5.06. The average molecular weight is 771 g/mol. The molecule has 17 nitrogen and oxygen atoms in total. The number of Topliss-reactive ketones (excluding diaryl/α,β-unsaturated/α-hetero) is 2. The zero-order chi connectivity index (χ0) is 39.1. The summed E-state index contributed by atoms with van der Waals surface area (Å²) in [5, 5.41) is 7.46. The summed E-state index contributed by atoms with van der Waals surface area (Å²) in [4.78, 5) is 67.4. The highest BCUT2D eigenvalue weighted by atomic mass is 35.5. The number of ketones is 2. The summed E-state index contributed by atoms with van der Waals surface area (Å²) in [7, 11) is 0. The lowest BCUT2D eigenvalue weighted by atomic mass is 10.0. The van der Waals surface area contributed by atoms with Crippen molar-refractivity contribution >= 4 is 54.2 Å². The number of piperidine rings is 2. The maximum absolute atomic E-state index is 12.6. The third-order valence-electron chi connectivity index (χ3n) is 7.04. The molecule has 4 rings (SSSR count). The van der Waals surface area contributed by atoms with Gasteiger partial charge in [-0.05, 0) is 114 Å². The average Bonchev–Trinajstić information content (AvgIpc) is 3.44. The Labute approximate surface area is 320 Å². The van der Waals surface area contributed by atoms with Gasteiger partial charge in [0.1, 0.15) is 29.1 Å². The number of carbonyl (C=O) groups is 5. The highest BCUT2D eigenvalue weighted by Crippen LogP contribution is 2.31. The summed E-state index contributed by atoms with van der Waals surface area (Å²) in [5.74, 6) is 5.51. The molecule has 2 aliphatic heterocycles. The number of ether oxygens (including phenoxy) is 2. The molecule has 2 fully saturated rings. The van der Waals surface area contributed by atoms with Crippen LogP contribution in [0.15, 0.2) is 11.2 Å². The van der Waals surface area contributed by atoms with Crippen LogP contribution in [0.1, 0.15) is 131 Å². The standard InChI is InChI=1S/C17H25N5O2.C11H19NO3.C5H8O2.CH6N4.CH4.ClH/c1-11-10-12(2)22-15(18-11)19-14(20-22)13-8-6-7-9-21(13)16(23)24-17(3,4)5;1-11(2,3)15-10(14)12-7-5-4-6-9(12)8-13;1-4(6)3-5(2)7;2-1(3)5-4;;/h10,13H,6-9H2,1-5H3;8-9H,4-7H2,1-3H3;3H2,1-2H3;4H2,(H4,2,3,5);1H4;1H. The molecule has 0 bridgehead atoms. The minimum absolute atomic E-state index is 0. The minimum Gasteiger partial charge on any atom is -0.444 e. The second-order valence-corrected chi connectivity index (χ2v) is 14.4. The first-order chi connectivity index (χ1) is 23.6. The molecular formula is C35H63ClN10O7. The lowest BCUT2D eigenvalue weighted by Gasteiger charge is -2.35. The Hall–Kier alpha value is -4.54. The van der Waals surface area contributed by atoms with Gasteiger partial charge in [0.25, 0.3) is 5.78 Å². The quantitative estimate of drug-likeness (QED) is 0.0934. The molecule has 2 atom stereocenters. The van der Waals surface area contributed by atoms with Crippen LogP contribution in [-0.4, -0.2) is 95.7 Å². The minimum atomic E-state index is -0.513. The van der Waals surface area contributed by atoms with Gasteiger partial charge in [0.05, 0.1) is 18.5 Å². The van der Waals surface area contributed by atoms with Crippen LogP contribution in [0.4, 0.5) is 9.59 Å². The number of aryl methyl sites for hydroxylation is 2. The predicted molar refractivity (Wildman–Crippen MR) is 206 cm³/mol. The van der Waals surface area contributed by atoms with Crippen LogP contribution in [0.2, 0.25) is 0 Å². The molecule has 0 spiro atoms. The molecule has 2 unspecified atom stereocenters. The van der Waals surface area contributed by atoms with Crippen molar-refractivity contribution in [1.29, 1.82) is 0 Å². The predicted octanol–water partition coefficient (Wildman–Crippen LogP) is 4.92. The zero-order valence-electron chi connectivity index (χ0n) is 32.3. The highest BCUT2D eigenvalue weighted by molar-refractivity contribution is 5.96. The summed E-state index contributed by atoms with van der Waals surface area (Å²) in [5.41, 5.74) is 10.3. The van der Waals surface area contributed by atoms with E-state index in [1.807, 2.05) is 61.5 Å². The number of hydrogen-bond acceptors (Lipinski definition) is 12. The van der Waals surface area contributed by atoms with Crippen LogP contribution in [0, 0.1) is 13.8 Å². The zero-order valence-corrected chi connectivity index (χ0v) is 33.1. The first-order valence-corrected chi connectivity index (χ1v) is 17.0. The number of aromatic nitrogens is 4. The molecule has 2 aromatic rings. The van der Waals surface area contributed by atoms with Gasteiger partial charge < -0.3 is 31.6 Å². The highest BCUT2D eigenvalue weighted by Gasteiger charge is 2.34. The molecule has 2 aliphatic rings.